The highest BCUT2D eigenvalue weighted by Gasteiger charge is 2.10. The van der Waals surface area contributed by atoms with Crippen LogP contribution in [0.15, 0.2) is 12.7 Å². The Morgan fingerprint density at radius 1 is 1.50 bits per heavy atom. The number of hydrogen-bond acceptors (Lipinski definition) is 1. The van der Waals surface area contributed by atoms with Gasteiger partial charge in [-0.1, -0.05) is 32.3 Å². The van der Waals surface area contributed by atoms with Gasteiger partial charge in [0.1, 0.15) is 5.78 Å². The first kappa shape index (κ1) is 11.4. The Hall–Kier alpha value is -0.590. The monoisotopic (exact) mass is 168 g/mol. The van der Waals surface area contributed by atoms with Crippen LogP contribution in [0, 0.1) is 5.92 Å². The van der Waals surface area contributed by atoms with E-state index in [9.17, 15) is 4.79 Å². The Balaban J connectivity index is 3.63. The molecule has 0 saturated heterocycles. The number of carbonyl (C=O) groups excluding carboxylic acids is 1. The van der Waals surface area contributed by atoms with Gasteiger partial charge in [-0.05, 0) is 19.8 Å². The lowest BCUT2D eigenvalue weighted by atomic mass is 9.94. The van der Waals surface area contributed by atoms with Crippen molar-refractivity contribution in [1.82, 2.24) is 0 Å². The Labute approximate surface area is 75.9 Å². The second kappa shape index (κ2) is 7.08. The van der Waals surface area contributed by atoms with Crippen molar-refractivity contribution in [3.63, 3.8) is 0 Å². The van der Waals surface area contributed by atoms with Crippen molar-refractivity contribution < 1.29 is 4.79 Å². The Morgan fingerprint density at radius 3 is 2.58 bits per heavy atom. The van der Waals surface area contributed by atoms with Gasteiger partial charge in [-0.25, -0.2) is 0 Å². The van der Waals surface area contributed by atoms with E-state index in [0.717, 1.165) is 12.8 Å². The van der Waals surface area contributed by atoms with E-state index in [0.29, 0.717) is 5.78 Å². The molecule has 0 N–H and O–H groups in total. The molecule has 0 aromatic carbocycles. The minimum absolute atomic E-state index is 0.231. The smallest absolute Gasteiger partial charge is 0.133 e. The molecule has 0 unspecified atom stereocenters. The van der Waals surface area contributed by atoms with Gasteiger partial charge >= 0.3 is 0 Å². The van der Waals surface area contributed by atoms with E-state index in [1.54, 1.807) is 6.92 Å². The van der Waals surface area contributed by atoms with E-state index in [1.165, 1.54) is 19.3 Å². The van der Waals surface area contributed by atoms with Gasteiger partial charge in [0.25, 0.3) is 0 Å². The molecule has 0 spiro atoms. The summed E-state index contributed by atoms with van der Waals surface area (Å²) in [6, 6.07) is 0. The van der Waals surface area contributed by atoms with E-state index >= 15 is 0 Å². The molecule has 0 rings (SSSR count). The van der Waals surface area contributed by atoms with E-state index in [4.69, 9.17) is 0 Å². The number of unbranched alkanes of at least 4 members (excludes halogenated alkanes) is 2. The summed E-state index contributed by atoms with van der Waals surface area (Å²) in [7, 11) is 0. The number of rotatable bonds is 7. The average Bonchev–Trinajstić information content (AvgIpc) is 2.03. The second-order valence-electron chi connectivity index (χ2n) is 3.33. The van der Waals surface area contributed by atoms with E-state index in [2.05, 4.69) is 13.5 Å². The first-order valence-corrected chi connectivity index (χ1v) is 4.83. The maximum absolute atomic E-state index is 11.1. The van der Waals surface area contributed by atoms with E-state index < -0.39 is 0 Å². The van der Waals surface area contributed by atoms with Gasteiger partial charge in [-0.3, -0.25) is 4.79 Å². The molecule has 0 aromatic rings. The summed E-state index contributed by atoms with van der Waals surface area (Å²) in [5.41, 5.74) is 0. The van der Waals surface area contributed by atoms with Gasteiger partial charge in [-0.2, -0.15) is 0 Å². The Bertz CT molecular complexity index is 138. The molecule has 1 atom stereocenters. The topological polar surface area (TPSA) is 17.1 Å². The van der Waals surface area contributed by atoms with Gasteiger partial charge in [0, 0.05) is 5.92 Å². The summed E-state index contributed by atoms with van der Waals surface area (Å²) in [4.78, 5) is 11.1. The molecular formula is C11H20O. The van der Waals surface area contributed by atoms with Crippen LogP contribution in [0.3, 0.4) is 0 Å². The molecule has 0 bridgehead atoms. The molecule has 1 heteroatoms. The van der Waals surface area contributed by atoms with E-state index in [-0.39, 0.29) is 5.92 Å². The van der Waals surface area contributed by atoms with Crippen molar-refractivity contribution in [2.75, 3.05) is 0 Å². The summed E-state index contributed by atoms with van der Waals surface area (Å²) >= 11 is 0. The van der Waals surface area contributed by atoms with Gasteiger partial charge < -0.3 is 0 Å². The Morgan fingerprint density at radius 2 is 2.17 bits per heavy atom. The molecule has 0 heterocycles. The molecule has 0 aliphatic carbocycles. The second-order valence-corrected chi connectivity index (χ2v) is 3.33. The predicted octanol–water partition coefficient (Wildman–Crippen LogP) is 3.35. The quantitative estimate of drug-likeness (QED) is 0.421. The van der Waals surface area contributed by atoms with Crippen molar-refractivity contribution >= 4 is 5.78 Å². The SMILES string of the molecule is C=CC[C@H](CCCCC)C(C)=O. The van der Waals surface area contributed by atoms with Gasteiger partial charge in [0.15, 0.2) is 0 Å². The molecule has 0 fully saturated rings. The zero-order chi connectivity index (χ0) is 9.40. The molecule has 12 heavy (non-hydrogen) atoms. The Kier molecular flexibility index (Phi) is 6.73. The molecule has 0 aromatic heterocycles. The normalized spacial score (nSPS) is 12.5. The highest BCUT2D eigenvalue weighted by atomic mass is 16.1. The summed E-state index contributed by atoms with van der Waals surface area (Å²) in [6.45, 7) is 7.52. The highest BCUT2D eigenvalue weighted by molar-refractivity contribution is 5.78. The fourth-order valence-corrected chi connectivity index (χ4v) is 1.33. The first-order chi connectivity index (χ1) is 5.72. The number of hydrogen-bond donors (Lipinski definition) is 0. The zero-order valence-electron chi connectivity index (χ0n) is 8.31. The molecule has 0 amide bonds. The van der Waals surface area contributed by atoms with Gasteiger partial charge in [-0.15, -0.1) is 6.58 Å². The van der Waals surface area contributed by atoms with Crippen LogP contribution in [0.1, 0.15) is 46.0 Å². The van der Waals surface area contributed by atoms with Gasteiger partial charge in [0.05, 0.1) is 0 Å². The van der Waals surface area contributed by atoms with Crippen LogP contribution in [-0.2, 0) is 4.79 Å². The van der Waals surface area contributed by atoms with Crippen molar-refractivity contribution in [2.24, 2.45) is 5.92 Å². The minimum Gasteiger partial charge on any atom is -0.300 e. The van der Waals surface area contributed by atoms with Crippen molar-refractivity contribution in [3.05, 3.63) is 12.7 Å². The summed E-state index contributed by atoms with van der Waals surface area (Å²) in [5, 5.41) is 0. The standard InChI is InChI=1S/C11H20O/c1-4-6-7-9-11(8-5-2)10(3)12/h5,11H,2,4,6-9H2,1,3H3/t11-/m1/s1. The molecule has 70 valence electrons. The highest BCUT2D eigenvalue weighted by Crippen LogP contribution is 2.14. The summed E-state index contributed by atoms with van der Waals surface area (Å²) < 4.78 is 0. The van der Waals surface area contributed by atoms with Crippen molar-refractivity contribution in [1.29, 1.82) is 0 Å². The van der Waals surface area contributed by atoms with Gasteiger partial charge in [0.2, 0.25) is 0 Å². The molecule has 0 aliphatic rings. The molecule has 0 aliphatic heterocycles. The zero-order valence-corrected chi connectivity index (χ0v) is 8.31. The number of Topliss-reactive ketones (excluding diaryl/α,β-unsaturated/α-hetero) is 1. The van der Waals surface area contributed by atoms with Crippen LogP contribution in [-0.4, -0.2) is 5.78 Å². The summed E-state index contributed by atoms with van der Waals surface area (Å²) in [6.07, 6.45) is 7.36. The fraction of sp³-hybridized carbons (Fsp3) is 0.727. The molecule has 0 radical (unpaired) electrons. The van der Waals surface area contributed by atoms with Crippen LogP contribution in [0.25, 0.3) is 0 Å². The lowest BCUT2D eigenvalue weighted by Gasteiger charge is -2.09. The maximum atomic E-state index is 11.1. The van der Waals surface area contributed by atoms with Crippen LogP contribution in [0.4, 0.5) is 0 Å². The van der Waals surface area contributed by atoms with E-state index in [1.807, 2.05) is 6.08 Å². The van der Waals surface area contributed by atoms with Crippen LogP contribution < -0.4 is 0 Å². The summed E-state index contributed by atoms with van der Waals surface area (Å²) in [5.74, 6) is 0.542. The number of allylic oxidation sites excluding steroid dienone is 1. The number of ketones is 1. The van der Waals surface area contributed by atoms with Crippen molar-refractivity contribution in [2.45, 2.75) is 46.0 Å². The lowest BCUT2D eigenvalue weighted by molar-refractivity contribution is -0.120. The third kappa shape index (κ3) is 5.11. The third-order valence-electron chi connectivity index (χ3n) is 2.18. The minimum atomic E-state index is 0.231. The van der Waals surface area contributed by atoms with Crippen LogP contribution in [0.2, 0.25) is 0 Å². The van der Waals surface area contributed by atoms with Crippen molar-refractivity contribution in [3.8, 4) is 0 Å². The van der Waals surface area contributed by atoms with Crippen LogP contribution in [0.5, 0.6) is 0 Å². The molecule has 0 saturated carbocycles. The molecular weight excluding hydrogens is 148 g/mol. The lowest BCUT2D eigenvalue weighted by Crippen LogP contribution is -2.09. The fourth-order valence-electron chi connectivity index (χ4n) is 1.33. The molecule has 1 nitrogen and oxygen atoms in total. The first-order valence-electron chi connectivity index (χ1n) is 4.83. The third-order valence-corrected chi connectivity index (χ3v) is 2.18. The number of carbonyl (C=O) groups is 1. The maximum Gasteiger partial charge on any atom is 0.133 e. The largest absolute Gasteiger partial charge is 0.300 e. The predicted molar refractivity (Wildman–Crippen MR) is 53.1 cm³/mol. The average molecular weight is 168 g/mol. The van der Waals surface area contributed by atoms with Crippen LogP contribution >= 0.6 is 0 Å².